The van der Waals surface area contributed by atoms with Crippen molar-refractivity contribution in [3.8, 4) is 0 Å². The maximum Gasteiger partial charge on any atom is 0.0515 e. The summed E-state index contributed by atoms with van der Waals surface area (Å²) in [5, 5.41) is 8.94. The van der Waals surface area contributed by atoms with Gasteiger partial charge in [-0.25, -0.2) is 0 Å². The van der Waals surface area contributed by atoms with E-state index in [9.17, 15) is 0 Å². The van der Waals surface area contributed by atoms with Crippen LogP contribution >= 0.6 is 0 Å². The topological polar surface area (TPSA) is 20.2 Å². The van der Waals surface area contributed by atoms with Crippen LogP contribution in [0.25, 0.3) is 0 Å². The lowest BCUT2D eigenvalue weighted by atomic mass is 9.99. The lowest BCUT2D eigenvalue weighted by molar-refractivity contribution is 0.184. The number of hydrogen-bond acceptors (Lipinski definition) is 1. The first kappa shape index (κ1) is 9.70. The van der Waals surface area contributed by atoms with Gasteiger partial charge >= 0.3 is 0 Å². The molecule has 0 aromatic carbocycles. The Kier molecular flexibility index (Phi) is 4.37. The molecule has 1 atom stereocenters. The summed E-state index contributed by atoms with van der Waals surface area (Å²) in [7, 11) is 0. The van der Waals surface area contributed by atoms with Crippen LogP contribution in [-0.2, 0) is 0 Å². The number of aliphatic hydroxyl groups is 1. The van der Waals surface area contributed by atoms with Crippen molar-refractivity contribution in [2.45, 2.75) is 39.7 Å². The predicted octanol–water partition coefficient (Wildman–Crippen LogP) is 2.36. The third-order valence-electron chi connectivity index (χ3n) is 1.70. The van der Waals surface area contributed by atoms with Gasteiger partial charge in [0.15, 0.2) is 0 Å². The highest BCUT2D eigenvalue weighted by molar-refractivity contribution is 4.97. The van der Waals surface area contributed by atoms with Crippen LogP contribution in [0.5, 0.6) is 0 Å². The maximum atomic E-state index is 8.94. The number of hydrogen-bond donors (Lipinski definition) is 1. The zero-order chi connectivity index (χ0) is 8.15. The smallest absolute Gasteiger partial charge is 0.0515 e. The highest BCUT2D eigenvalue weighted by atomic mass is 16.3. The molecule has 1 nitrogen and oxygen atoms in total. The fourth-order valence-corrected chi connectivity index (χ4v) is 0.683. The molecule has 0 spiro atoms. The molecule has 0 saturated carbocycles. The van der Waals surface area contributed by atoms with E-state index in [-0.39, 0.29) is 6.10 Å². The molecule has 0 fully saturated rings. The minimum Gasteiger partial charge on any atom is -0.393 e. The van der Waals surface area contributed by atoms with Crippen molar-refractivity contribution in [1.29, 1.82) is 0 Å². The average Bonchev–Trinajstić information content (AvgIpc) is 1.82. The lowest BCUT2D eigenvalue weighted by Crippen LogP contribution is -2.01. The Morgan fingerprint density at radius 2 is 1.90 bits per heavy atom. The second-order valence-electron chi connectivity index (χ2n) is 3.20. The summed E-state index contributed by atoms with van der Waals surface area (Å²) in [5.41, 5.74) is 1.24. The van der Waals surface area contributed by atoms with Crippen LogP contribution in [-0.4, -0.2) is 11.2 Å². The van der Waals surface area contributed by atoms with E-state index in [2.05, 4.69) is 20.4 Å². The van der Waals surface area contributed by atoms with Gasteiger partial charge in [-0.15, -0.1) is 0 Å². The van der Waals surface area contributed by atoms with Gasteiger partial charge < -0.3 is 5.11 Å². The van der Waals surface area contributed by atoms with Crippen molar-refractivity contribution < 1.29 is 5.11 Å². The molecular formula is C9H18O. The van der Waals surface area contributed by atoms with Crippen LogP contribution in [0.3, 0.4) is 0 Å². The molecule has 0 heterocycles. The largest absolute Gasteiger partial charge is 0.393 e. The highest BCUT2D eigenvalue weighted by Crippen LogP contribution is 2.13. The van der Waals surface area contributed by atoms with Crippen molar-refractivity contribution in [3.05, 3.63) is 12.2 Å². The van der Waals surface area contributed by atoms with Gasteiger partial charge in [-0.3, -0.25) is 0 Å². The molecule has 0 aliphatic rings. The van der Waals surface area contributed by atoms with Gasteiger partial charge in [0.05, 0.1) is 6.10 Å². The van der Waals surface area contributed by atoms with Gasteiger partial charge in [0.1, 0.15) is 0 Å². The molecule has 0 aliphatic heterocycles. The van der Waals surface area contributed by atoms with E-state index < -0.39 is 0 Å². The average molecular weight is 142 g/mol. The van der Waals surface area contributed by atoms with Crippen LogP contribution in [0.1, 0.15) is 33.6 Å². The second kappa shape index (κ2) is 4.51. The van der Waals surface area contributed by atoms with Gasteiger partial charge in [0.2, 0.25) is 0 Å². The van der Waals surface area contributed by atoms with E-state index in [0.29, 0.717) is 5.92 Å². The fourth-order valence-electron chi connectivity index (χ4n) is 0.683. The first-order valence-corrected chi connectivity index (χ1v) is 3.89. The maximum absolute atomic E-state index is 8.94. The summed E-state index contributed by atoms with van der Waals surface area (Å²) < 4.78 is 0. The number of rotatable bonds is 4. The normalized spacial score (nSPS) is 13.7. The molecule has 0 radical (unpaired) electrons. The van der Waals surface area contributed by atoms with Gasteiger partial charge in [0, 0.05) is 0 Å². The van der Waals surface area contributed by atoms with Crippen LogP contribution in [0.15, 0.2) is 12.2 Å². The van der Waals surface area contributed by atoms with Crippen LogP contribution < -0.4 is 0 Å². The Morgan fingerprint density at radius 1 is 1.40 bits per heavy atom. The Morgan fingerprint density at radius 3 is 2.20 bits per heavy atom. The molecule has 1 unspecified atom stereocenters. The van der Waals surface area contributed by atoms with Crippen LogP contribution in [0, 0.1) is 5.92 Å². The first-order chi connectivity index (χ1) is 4.54. The summed E-state index contributed by atoms with van der Waals surface area (Å²) in [6, 6.07) is 0. The van der Waals surface area contributed by atoms with Crippen molar-refractivity contribution in [3.63, 3.8) is 0 Å². The Balaban J connectivity index is 3.40. The minimum atomic E-state index is -0.185. The number of allylic oxidation sites excluding steroid dienone is 1. The number of aliphatic hydroxyl groups excluding tert-OH is 1. The summed E-state index contributed by atoms with van der Waals surface area (Å²) >= 11 is 0. The molecular weight excluding hydrogens is 124 g/mol. The van der Waals surface area contributed by atoms with Crippen molar-refractivity contribution in [1.82, 2.24) is 0 Å². The van der Waals surface area contributed by atoms with Gasteiger partial charge in [0.25, 0.3) is 0 Å². The molecule has 0 aromatic heterocycles. The molecule has 0 saturated heterocycles. The quantitative estimate of drug-likeness (QED) is 0.597. The predicted molar refractivity (Wildman–Crippen MR) is 44.9 cm³/mol. The molecule has 1 N–H and O–H groups in total. The van der Waals surface area contributed by atoms with Gasteiger partial charge in [-0.1, -0.05) is 26.0 Å². The zero-order valence-electron chi connectivity index (χ0n) is 7.22. The molecule has 0 aliphatic carbocycles. The van der Waals surface area contributed by atoms with Crippen LogP contribution in [0.2, 0.25) is 0 Å². The fraction of sp³-hybridized carbons (Fsp3) is 0.778. The standard InChI is InChI=1S/C9H18O/c1-7(2)8(3)5-6-9(4)10/h7,9-10H,3,5-6H2,1-2,4H3. The van der Waals surface area contributed by atoms with Crippen LogP contribution in [0.4, 0.5) is 0 Å². The van der Waals surface area contributed by atoms with Gasteiger partial charge in [-0.05, 0) is 25.7 Å². The summed E-state index contributed by atoms with van der Waals surface area (Å²) in [4.78, 5) is 0. The van der Waals surface area contributed by atoms with Crippen molar-refractivity contribution in [2.24, 2.45) is 5.92 Å². The molecule has 1 heteroatoms. The Labute approximate surface area is 63.8 Å². The van der Waals surface area contributed by atoms with E-state index >= 15 is 0 Å². The molecule has 0 aromatic rings. The SMILES string of the molecule is C=C(CCC(C)O)C(C)C. The molecule has 0 rings (SSSR count). The first-order valence-electron chi connectivity index (χ1n) is 3.89. The van der Waals surface area contributed by atoms with Crippen molar-refractivity contribution in [2.75, 3.05) is 0 Å². The second-order valence-corrected chi connectivity index (χ2v) is 3.20. The highest BCUT2D eigenvalue weighted by Gasteiger charge is 2.01. The lowest BCUT2D eigenvalue weighted by Gasteiger charge is -2.09. The summed E-state index contributed by atoms with van der Waals surface area (Å²) in [6.07, 6.45) is 1.61. The molecule has 0 bridgehead atoms. The monoisotopic (exact) mass is 142 g/mol. The van der Waals surface area contributed by atoms with E-state index in [1.807, 2.05) is 6.92 Å². The molecule has 0 amide bonds. The Bertz CT molecular complexity index is 103. The van der Waals surface area contributed by atoms with E-state index in [1.165, 1.54) is 5.57 Å². The third kappa shape index (κ3) is 4.57. The zero-order valence-corrected chi connectivity index (χ0v) is 7.22. The molecule has 60 valence electrons. The van der Waals surface area contributed by atoms with Gasteiger partial charge in [-0.2, -0.15) is 0 Å². The summed E-state index contributed by atoms with van der Waals surface area (Å²) in [6.45, 7) is 9.99. The Hall–Kier alpha value is -0.300. The van der Waals surface area contributed by atoms with Crippen molar-refractivity contribution >= 4 is 0 Å². The molecule has 10 heavy (non-hydrogen) atoms. The minimum absolute atomic E-state index is 0.185. The van der Waals surface area contributed by atoms with E-state index in [1.54, 1.807) is 0 Å². The third-order valence-corrected chi connectivity index (χ3v) is 1.70. The van der Waals surface area contributed by atoms with E-state index in [0.717, 1.165) is 12.8 Å². The van der Waals surface area contributed by atoms with E-state index in [4.69, 9.17) is 5.11 Å². The summed E-state index contributed by atoms with van der Waals surface area (Å²) in [5.74, 6) is 0.554.